The number of fused-ring (bicyclic) bond motifs is 5. The van der Waals surface area contributed by atoms with Gasteiger partial charge in [0.2, 0.25) is 33.7 Å². The highest BCUT2D eigenvalue weighted by Gasteiger charge is 2.34. The molecule has 0 saturated carbocycles. The summed E-state index contributed by atoms with van der Waals surface area (Å²) in [6, 6.07) is -2.64. The zero-order valence-corrected chi connectivity index (χ0v) is 61.0. The number of piperidine rings is 5. The Morgan fingerprint density at radius 2 is 0.575 bits per heavy atom. The molecule has 0 aliphatic carbocycles. The normalized spacial score (nSPS) is 39.5. The van der Waals surface area contributed by atoms with E-state index in [4.69, 9.17) is 155 Å². The average molecular weight is 1710 g/mol. The van der Waals surface area contributed by atoms with Crippen LogP contribution in [0.15, 0.2) is 212 Å². The Balaban J connectivity index is 0.000000156. The van der Waals surface area contributed by atoms with Gasteiger partial charge in [-0.1, -0.05) is 60.4 Å². The molecule has 5 fully saturated rings. The van der Waals surface area contributed by atoms with Crippen molar-refractivity contribution in [3.8, 4) is 86.2 Å². The molecular weight excluding hydrogens is 1550 g/mol. The Hall–Kier alpha value is -11.4. The molecule has 0 bridgehead atoms. The van der Waals surface area contributed by atoms with Gasteiger partial charge in [0.15, 0.2) is 57.5 Å². The maximum atomic E-state index is 14.2. The third-order valence-corrected chi connectivity index (χ3v) is 17.3. The Labute approximate surface area is 781 Å². The van der Waals surface area contributed by atoms with E-state index < -0.39 is 400 Å². The Morgan fingerprint density at radius 1 is 0.292 bits per heavy atom. The first-order valence-corrected chi connectivity index (χ1v) is 35.3. The Bertz CT molecular complexity index is 8260. The van der Waals surface area contributed by atoms with Crippen LogP contribution in [0.1, 0.15) is 173 Å². The van der Waals surface area contributed by atoms with Gasteiger partial charge in [-0.05, 0) is 243 Å². The summed E-state index contributed by atoms with van der Waals surface area (Å²) in [5.41, 5.74) is -3.67. The summed E-state index contributed by atoms with van der Waals surface area (Å²) in [6.07, 6.45) is -4.38. The second-order valence-corrected chi connectivity index (χ2v) is 24.9. The molecular formula is C95H100F5N5O15. The van der Waals surface area contributed by atoms with Gasteiger partial charge in [-0.2, -0.15) is 0 Å². The zero-order chi connectivity index (χ0) is 136. The molecule has 120 heavy (non-hydrogen) atoms. The highest BCUT2D eigenvalue weighted by molar-refractivity contribution is 5.51. The molecule has 10 heterocycles. The molecule has 5 N–H and O–H groups in total. The molecule has 0 amide bonds. The number of ether oxygens (including phenoxy) is 15. The standard InChI is InChI=1S/5C19H20FNO3/c5*20-15-3-1-13(2-4-15)17-7-8-21-10-14(17)11-22-16-5-6-18-19(9-16)24-12-23-18/h5*1-6,9,14,17,21H,7-8,10-12H2/t5*14-,17?/m11000/s1/i1D,2D,3D,4D,8D2,10D2,12D2,14D,17D;1D,2D,3D,4D,8D2,10D2,11D2,12D2,14D;1D,2D,3D,4D,8D2,10D2,11D2,12D2,17D;1D,2D,3D,4D,8D2,10D2,12D2,17D;1D,2D,3D,4D,8D2,10D2,11D2,12D2. The fourth-order valence-electron chi connectivity index (χ4n) is 11.4. The summed E-state index contributed by atoms with van der Waals surface area (Å²) in [5.74, 6) is -32.1. The van der Waals surface area contributed by atoms with Crippen LogP contribution in [0.4, 0.5) is 22.0 Å². The second-order valence-electron chi connectivity index (χ2n) is 24.9. The van der Waals surface area contributed by atoms with E-state index in [1.54, 1.807) is 0 Å². The second kappa shape index (κ2) is 40.6. The third kappa shape index (κ3) is 21.8. The van der Waals surface area contributed by atoms with Gasteiger partial charge in [-0.15, -0.1) is 0 Å². The van der Waals surface area contributed by atoms with E-state index in [0.717, 1.165) is 30.3 Å². The lowest BCUT2D eigenvalue weighted by Gasteiger charge is -2.32. The van der Waals surface area contributed by atoms with Gasteiger partial charge in [0.1, 0.15) is 71.5 Å². The first-order valence-electron chi connectivity index (χ1n) is 65.8. The van der Waals surface area contributed by atoms with Gasteiger partial charge in [-0.3, -0.25) is 0 Å². The molecule has 10 aliphatic rings. The summed E-state index contributed by atoms with van der Waals surface area (Å²) >= 11 is 0. The maximum Gasteiger partial charge on any atom is 0.231 e. The molecule has 0 aromatic heterocycles. The van der Waals surface area contributed by atoms with E-state index in [-0.39, 0.29) is 86.2 Å². The highest BCUT2D eigenvalue weighted by atomic mass is 19.1. The summed E-state index contributed by atoms with van der Waals surface area (Å²) in [7, 11) is 0. The van der Waals surface area contributed by atoms with Crippen molar-refractivity contribution < 1.29 is 177 Å². The zero-order valence-electron chi connectivity index (χ0n) is 122. The minimum absolute atomic E-state index is 0.0172. The highest BCUT2D eigenvalue weighted by Crippen LogP contribution is 2.43. The molecule has 25 heteroatoms. The molecule has 10 aliphatic heterocycles. The summed E-state index contributed by atoms with van der Waals surface area (Å²) in [5, 5.41) is 10.1. The number of nitrogens with one attached hydrogen (secondary N) is 5. The van der Waals surface area contributed by atoms with Crippen molar-refractivity contribution in [3.05, 3.63) is 269 Å². The molecule has 0 radical (unpaired) electrons. The van der Waals surface area contributed by atoms with Gasteiger partial charge < -0.3 is 97.6 Å². The van der Waals surface area contributed by atoms with Crippen LogP contribution >= 0.6 is 0 Å². The number of halogens is 5. The van der Waals surface area contributed by atoms with Crippen LogP contribution in [0.25, 0.3) is 0 Å². The van der Waals surface area contributed by atoms with Crippen LogP contribution in [-0.2, 0) is 0 Å². The molecule has 630 valence electrons. The fraction of sp³-hybridized carbons (Fsp3) is 0.368. The lowest BCUT2D eigenvalue weighted by Crippen LogP contribution is -2.38. The largest absolute Gasteiger partial charge is 0.493 e. The molecule has 20 rings (SSSR count). The SMILES string of the molecule is [2H]c1c([2H])c(C2([2H])CC([2H])([2H])NC([2H])([2H])[C@H]2C([2H])([2H])Oc2ccc3c(c2)OC([2H])([2H])O3)c([2H])c([2H])c1F.[2H]c1c([2H])c(C2([2H])CC([2H])([2H])NC([2H])([2H])[C@H]2COc2ccc3c(c2)OC([2H])([2H])O3)c([2H])c([2H])c1F.[2H]c1c([2H])c(C2([2H])CC([2H])([2H])NC([2H])([2H])[C@]2([2H])COc2ccc3c(c2)OC([2H])([2H])O3)c([2H])c([2H])c1F.[2H]c1c([2H])c(C2CC([2H])([2H])NC([2H])([2H])[C@H]2C([2H])([2H])Oc2ccc3c(c2)OC([2H])([2H])O3)c([2H])c([2H])c1F.[2H]c1c([2H])c(C2CC([2H])([2H])NC([2H])([2H])[C@]2([2H])C([2H])([2H])Oc2ccc3c(c2)OC([2H])([2H])O3)c([2H])c([2H])c1F. The van der Waals surface area contributed by atoms with Crippen molar-refractivity contribution >= 4 is 0 Å². The van der Waals surface area contributed by atoms with E-state index >= 15 is 0 Å². The van der Waals surface area contributed by atoms with E-state index in [1.165, 1.54) is 60.7 Å². The van der Waals surface area contributed by atoms with Crippen molar-refractivity contribution in [2.24, 2.45) is 29.5 Å². The lowest BCUT2D eigenvalue weighted by molar-refractivity contribution is 0.173. The number of rotatable bonds is 20. The molecule has 10 atom stereocenters. The van der Waals surface area contributed by atoms with E-state index in [0.29, 0.717) is 0 Å². The van der Waals surface area contributed by atoms with Crippen LogP contribution in [-0.4, -0.2) is 132 Å². The van der Waals surface area contributed by atoms with Crippen LogP contribution in [0.5, 0.6) is 86.2 Å². The third-order valence-electron chi connectivity index (χ3n) is 17.3. The molecule has 5 unspecified atom stereocenters. The van der Waals surface area contributed by atoms with E-state index in [9.17, 15) is 22.0 Å². The number of hydrogen-bond acceptors (Lipinski definition) is 20. The van der Waals surface area contributed by atoms with Crippen LogP contribution in [0.2, 0.25) is 0 Å². The maximum absolute atomic E-state index is 14.2. The summed E-state index contributed by atoms with van der Waals surface area (Å²) in [4.78, 5) is 0. The topological polar surface area (TPSA) is 199 Å². The van der Waals surface area contributed by atoms with Crippen LogP contribution in [0.3, 0.4) is 0 Å². The van der Waals surface area contributed by atoms with Gasteiger partial charge in [0.05, 0.1) is 68.5 Å². The number of benzene rings is 10. The minimum Gasteiger partial charge on any atom is -0.493 e. The van der Waals surface area contributed by atoms with Crippen molar-refractivity contribution in [3.63, 3.8) is 0 Å². The minimum atomic E-state index is -3.37. The predicted molar refractivity (Wildman–Crippen MR) is 441 cm³/mol. The Kier molecular flexibility index (Phi) is 12.5. The Morgan fingerprint density at radius 3 is 0.992 bits per heavy atom. The van der Waals surface area contributed by atoms with Crippen molar-refractivity contribution in [2.45, 2.75) is 61.6 Å². The quantitative estimate of drug-likeness (QED) is 0.0451. The molecule has 10 aromatic carbocycles. The van der Waals surface area contributed by atoms with Gasteiger partial charge in [0, 0.05) is 127 Å². The summed E-state index contributed by atoms with van der Waals surface area (Å²) < 4.78 is 645. The van der Waals surface area contributed by atoms with Gasteiger partial charge >= 0.3 is 0 Å². The molecule has 10 aromatic rings. The number of hydrogen-bond donors (Lipinski definition) is 5. The van der Waals surface area contributed by atoms with E-state index in [1.807, 2.05) is 16.0 Å². The summed E-state index contributed by atoms with van der Waals surface area (Å²) in [6.45, 7) is -51.0. The monoisotopic (exact) mass is 1710 g/mol. The average Bonchev–Trinajstić information content (AvgIpc) is 0.872. The first kappa shape index (κ1) is 36.9. The fourth-order valence-corrected chi connectivity index (χ4v) is 11.4. The van der Waals surface area contributed by atoms with Crippen molar-refractivity contribution in [2.75, 3.05) is 132 Å². The lowest BCUT2D eigenvalue weighted by atomic mass is 9.81. The van der Waals surface area contributed by atoms with E-state index in [2.05, 4.69) is 10.6 Å². The van der Waals surface area contributed by atoms with Gasteiger partial charge in [0.25, 0.3) is 0 Å². The molecule has 20 nitrogen and oxygen atoms in total. The molecule has 0 spiro atoms. The molecule has 5 saturated heterocycles. The van der Waals surface area contributed by atoms with Crippen molar-refractivity contribution in [1.82, 2.24) is 26.6 Å². The van der Waals surface area contributed by atoms with Crippen LogP contribution < -0.4 is 97.6 Å². The van der Waals surface area contributed by atoms with Crippen LogP contribution in [0, 0.1) is 58.6 Å². The van der Waals surface area contributed by atoms with Crippen molar-refractivity contribution in [1.29, 1.82) is 0 Å². The smallest absolute Gasteiger partial charge is 0.231 e. The predicted octanol–water partition coefficient (Wildman–Crippen LogP) is 16.6. The first-order chi connectivity index (χ1) is 82.1. The van der Waals surface area contributed by atoms with Gasteiger partial charge in [-0.25, -0.2) is 22.0 Å².